The van der Waals surface area contributed by atoms with Crippen LogP contribution in [-0.2, 0) is 59.4 Å². The van der Waals surface area contributed by atoms with Gasteiger partial charge in [-0.2, -0.15) is 0 Å². The van der Waals surface area contributed by atoms with Gasteiger partial charge in [-0.15, -0.1) is 0 Å². The predicted octanol–water partition coefficient (Wildman–Crippen LogP) is -1.02. The Labute approximate surface area is 433 Å². The summed E-state index contributed by atoms with van der Waals surface area (Å²) in [5, 5.41) is 104. The van der Waals surface area contributed by atoms with E-state index in [1.807, 2.05) is 0 Å². The van der Waals surface area contributed by atoms with E-state index in [4.69, 9.17) is 52.1 Å². The molecular weight excluding hydrogens is 993 g/mol. The van der Waals surface area contributed by atoms with Crippen LogP contribution < -0.4 is 9.96 Å². The normalized spacial score (nSPS) is 45.8. The van der Waals surface area contributed by atoms with Crippen LogP contribution in [0.3, 0.4) is 0 Å². The van der Waals surface area contributed by atoms with Gasteiger partial charge in [0.2, 0.25) is 12.1 Å². The number of nitrogens with one attached hydrogen (secondary N) is 1. The lowest BCUT2D eigenvalue weighted by atomic mass is 9.71. The SMILES string of the molecule is COC1C(OC2C(C)OC(O[C@H]3[C@@H](N(C)C)[C@H](O)[C@H]4Oc5c(ccc6c5C(=O)c5c(cc7c(c5O)[C@@H](OC5OC(C)C(O)C(C)(O)C5OC)[C@@H](OC)[C@](C)(O)C7)C6=O)[C@]3(C)O4)CC2(C)[NH+]([O-])O)OC(C)C(O)C1(C)O. The van der Waals surface area contributed by atoms with Crippen molar-refractivity contribution in [2.75, 3.05) is 35.4 Å². The minimum absolute atomic E-state index is 0.0168. The molecule has 24 nitrogen and oxygen atoms in total. The maximum absolute atomic E-state index is 15.3. The van der Waals surface area contributed by atoms with Crippen LogP contribution in [0.25, 0.3) is 0 Å². The second kappa shape index (κ2) is 19.4. The number of carbonyl (C=O) groups excluding carboxylic acids is 2. The smallest absolute Gasteiger partial charge is 0.228 e. The summed E-state index contributed by atoms with van der Waals surface area (Å²) in [6.45, 7) is 11.9. The number of aliphatic hydroxyl groups is 6. The topological polar surface area (TPSA) is 328 Å². The molecule has 5 heterocycles. The lowest BCUT2D eigenvalue weighted by Gasteiger charge is -2.57. The lowest BCUT2D eigenvalue weighted by molar-refractivity contribution is -1.09. The van der Waals surface area contributed by atoms with Gasteiger partial charge in [0, 0.05) is 50.0 Å². The molecule has 75 heavy (non-hydrogen) atoms. The molecule has 4 fully saturated rings. The zero-order valence-corrected chi connectivity index (χ0v) is 44.2. The fraction of sp³-hybridized carbons (Fsp3) is 0.725. The standard InChI is InChI=1S/C51H72N2O22/c1-19-37(58)49(6,61)42(66-12)45(69-19)73-36-27-22(17-48(5,60)41(36)65-11)16-24-28(32(27)55)33(56)29-23(31(24)54)14-15-25-35(29)72-44-34(57)30(52(9)10)40(51(25,8)75-44)71-26-18-47(4,53(63)64)39(21(3)68-26)74-46-43(67-13)50(7,62)38(59)20(2)70-46/h14-16,19-21,26,30,34,36-46,53,55,57-63H,17-18H2,1-13H3/t19?,20?,21?,26?,30-,34-,36+,37?,38?,39?,40-,41+,42?,43?,44-,45?,46?,47?,48+,49?,50?,51-/m0/s1. The van der Waals surface area contributed by atoms with E-state index in [0.717, 1.165) is 0 Å². The minimum atomic E-state index is -1.90. The van der Waals surface area contributed by atoms with Gasteiger partial charge in [0.25, 0.3) is 0 Å². The van der Waals surface area contributed by atoms with E-state index in [2.05, 4.69) is 0 Å². The van der Waals surface area contributed by atoms with Gasteiger partial charge in [-0.1, -0.05) is 6.07 Å². The molecule has 0 spiro atoms. The largest absolute Gasteiger partial charge is 0.600 e. The van der Waals surface area contributed by atoms with Gasteiger partial charge in [0.05, 0.1) is 47.5 Å². The van der Waals surface area contributed by atoms with Crippen molar-refractivity contribution < 1.29 is 108 Å². The van der Waals surface area contributed by atoms with Crippen molar-refractivity contribution >= 4 is 11.6 Å². The van der Waals surface area contributed by atoms with Crippen LogP contribution in [0.2, 0.25) is 0 Å². The van der Waals surface area contributed by atoms with E-state index in [0.29, 0.717) is 0 Å². The van der Waals surface area contributed by atoms with Gasteiger partial charge in [0.15, 0.2) is 30.2 Å². The molecule has 2 bridgehead atoms. The Kier molecular flexibility index (Phi) is 14.6. The number of carbonyl (C=O) groups is 2. The Morgan fingerprint density at radius 2 is 1.31 bits per heavy atom. The molecule has 2 aliphatic carbocycles. The number of hydrogen-bond acceptors (Lipinski definition) is 23. The van der Waals surface area contributed by atoms with Gasteiger partial charge in [-0.3, -0.25) is 9.59 Å². The number of fused-ring (bicyclic) bond motifs is 8. The number of ketones is 2. The van der Waals surface area contributed by atoms with Crippen molar-refractivity contribution in [2.45, 2.75) is 201 Å². The van der Waals surface area contributed by atoms with Crippen LogP contribution in [0.15, 0.2) is 18.2 Å². The first-order valence-corrected chi connectivity index (χ1v) is 25.0. The van der Waals surface area contributed by atoms with Crippen LogP contribution in [0.1, 0.15) is 116 Å². The van der Waals surface area contributed by atoms with Crippen molar-refractivity contribution in [2.24, 2.45) is 0 Å². The summed E-state index contributed by atoms with van der Waals surface area (Å²) in [7, 11) is 7.28. The Bertz CT molecular complexity index is 2540. The molecule has 0 aromatic heterocycles. The quantitative estimate of drug-likeness (QED) is 0.104. The number of aliphatic hydroxyl groups excluding tert-OH is 3. The molecule has 15 unspecified atom stereocenters. The van der Waals surface area contributed by atoms with E-state index in [1.54, 1.807) is 38.9 Å². The number of nitrogens with zero attached hydrogens (tertiary/aromatic N) is 1. The Hall–Kier alpha value is -3.42. The summed E-state index contributed by atoms with van der Waals surface area (Å²) in [5.41, 5.74) is -9.36. The molecule has 0 amide bonds. The van der Waals surface area contributed by atoms with Crippen molar-refractivity contribution in [1.82, 2.24) is 4.90 Å². The maximum atomic E-state index is 15.3. The molecule has 24 heteroatoms. The molecule has 9 N–H and O–H groups in total. The van der Waals surface area contributed by atoms with Crippen LogP contribution in [-0.4, -0.2) is 214 Å². The number of hydroxylamine groups is 2. The molecule has 2 aromatic rings. The number of methoxy groups -OCH3 is 3. The highest BCUT2D eigenvalue weighted by Gasteiger charge is 2.64. The third-order valence-electron chi connectivity index (χ3n) is 17.0. The third-order valence-corrected chi connectivity index (χ3v) is 17.0. The Balaban J connectivity index is 1.08. The van der Waals surface area contributed by atoms with E-state index < -0.39 is 160 Å². The van der Waals surface area contributed by atoms with Crippen LogP contribution in [0.5, 0.6) is 11.5 Å². The number of rotatable bonds is 11. The fourth-order valence-electron chi connectivity index (χ4n) is 12.9. The first-order chi connectivity index (χ1) is 34.9. The molecule has 0 radical (unpaired) electrons. The summed E-state index contributed by atoms with van der Waals surface area (Å²) < 4.78 is 67.9. The number of phenolic OH excluding ortho intramolecular Hbond substituents is 1. The van der Waals surface area contributed by atoms with Crippen molar-refractivity contribution in [3.63, 3.8) is 0 Å². The molecule has 418 valence electrons. The highest BCUT2D eigenvalue weighted by atomic mass is 16.8. The Morgan fingerprint density at radius 1 is 0.733 bits per heavy atom. The average molecular weight is 1070 g/mol. The first kappa shape index (κ1) is 56.3. The molecular formula is C51H72N2O22. The van der Waals surface area contributed by atoms with Crippen molar-refractivity contribution in [3.05, 3.63) is 62.4 Å². The van der Waals surface area contributed by atoms with E-state index in [9.17, 15) is 51.0 Å². The summed E-state index contributed by atoms with van der Waals surface area (Å²) in [5.74, 6) is -2.33. The highest BCUT2D eigenvalue weighted by Crippen LogP contribution is 2.55. The lowest BCUT2D eigenvalue weighted by Crippen LogP contribution is -3.16. The van der Waals surface area contributed by atoms with E-state index in [1.165, 1.54) is 75.0 Å². The number of hydrogen-bond donors (Lipinski definition) is 9. The van der Waals surface area contributed by atoms with Gasteiger partial charge in [-0.25, -0.2) is 10.4 Å². The summed E-state index contributed by atoms with van der Waals surface area (Å²) in [6.07, 6.45) is -20.9. The summed E-state index contributed by atoms with van der Waals surface area (Å²) in [4.78, 5) is 31.8. The Morgan fingerprint density at radius 3 is 1.85 bits per heavy atom. The number of likely N-dealkylation sites (N-methyl/N-ethyl adjacent to an activating group) is 1. The monoisotopic (exact) mass is 1060 g/mol. The molecule has 5 aliphatic heterocycles. The molecule has 4 saturated heterocycles. The number of ether oxygens (including phenoxy) is 11. The fourth-order valence-corrected chi connectivity index (χ4v) is 12.9. The van der Waals surface area contributed by atoms with Gasteiger partial charge in [0.1, 0.15) is 83.2 Å². The number of quaternary nitrogens is 1. The number of phenols is 1. The molecule has 0 saturated carbocycles. The molecule has 7 aliphatic rings. The van der Waals surface area contributed by atoms with Crippen molar-refractivity contribution in [1.29, 1.82) is 0 Å². The van der Waals surface area contributed by atoms with E-state index in [-0.39, 0.29) is 52.0 Å². The molecule has 9 rings (SSSR count). The summed E-state index contributed by atoms with van der Waals surface area (Å²) in [6, 6.07) is 3.44. The minimum Gasteiger partial charge on any atom is -0.600 e. The van der Waals surface area contributed by atoms with Crippen molar-refractivity contribution in [3.8, 4) is 11.5 Å². The van der Waals surface area contributed by atoms with Gasteiger partial charge >= 0.3 is 0 Å². The number of benzene rings is 2. The zero-order valence-electron chi connectivity index (χ0n) is 44.2. The highest BCUT2D eigenvalue weighted by molar-refractivity contribution is 6.30. The van der Waals surface area contributed by atoms with Crippen LogP contribution in [0.4, 0.5) is 0 Å². The van der Waals surface area contributed by atoms with E-state index >= 15 is 4.79 Å². The van der Waals surface area contributed by atoms with Crippen LogP contribution in [0, 0.1) is 5.21 Å². The van der Waals surface area contributed by atoms with Gasteiger partial charge < -0.3 is 98.0 Å². The second-order valence-electron chi connectivity index (χ2n) is 22.5. The van der Waals surface area contributed by atoms with Gasteiger partial charge in [-0.05, 0) is 87.2 Å². The number of aromatic hydroxyl groups is 1. The zero-order chi connectivity index (χ0) is 55.1. The molecule has 23 atom stereocenters. The average Bonchev–Trinajstić information content (AvgIpc) is 3.31. The first-order valence-electron chi connectivity index (χ1n) is 25.0. The predicted molar refractivity (Wildman–Crippen MR) is 253 cm³/mol. The third kappa shape index (κ3) is 8.59. The molecule has 2 aromatic carbocycles. The van der Waals surface area contributed by atoms with Crippen LogP contribution >= 0.6 is 0 Å². The summed E-state index contributed by atoms with van der Waals surface area (Å²) >= 11 is 0. The second-order valence-corrected chi connectivity index (χ2v) is 22.5. The maximum Gasteiger partial charge on any atom is 0.228 e.